The van der Waals surface area contributed by atoms with Crippen molar-refractivity contribution in [1.82, 2.24) is 9.78 Å². The maximum Gasteiger partial charge on any atom is 0.0992 e. The summed E-state index contributed by atoms with van der Waals surface area (Å²) >= 11 is 0. The average molecular weight is 240 g/mol. The van der Waals surface area contributed by atoms with Crippen molar-refractivity contribution < 1.29 is 0 Å². The van der Waals surface area contributed by atoms with Gasteiger partial charge in [0.1, 0.15) is 0 Å². The molecule has 4 nitrogen and oxygen atoms in total. The standard InChI is InChI=1S/C14H16N4/c1-10-14(6-7-15)11(2)18(17-10)13-5-3-4-12(8-13)9-16/h3-5,8H,6-7,15H2,1-2H3. The highest BCUT2D eigenvalue weighted by Gasteiger charge is 2.12. The van der Waals surface area contributed by atoms with Gasteiger partial charge < -0.3 is 5.73 Å². The number of aromatic nitrogens is 2. The van der Waals surface area contributed by atoms with E-state index in [9.17, 15) is 0 Å². The number of rotatable bonds is 3. The molecule has 1 aromatic carbocycles. The Kier molecular flexibility index (Phi) is 3.45. The summed E-state index contributed by atoms with van der Waals surface area (Å²) in [7, 11) is 0. The van der Waals surface area contributed by atoms with E-state index in [4.69, 9.17) is 11.0 Å². The summed E-state index contributed by atoms with van der Waals surface area (Å²) in [6.45, 7) is 4.64. The predicted octanol–water partition coefficient (Wildman–Crippen LogP) is 1.86. The van der Waals surface area contributed by atoms with Crippen LogP contribution in [0.4, 0.5) is 0 Å². The Morgan fingerprint density at radius 3 is 2.83 bits per heavy atom. The second kappa shape index (κ2) is 5.03. The molecule has 0 radical (unpaired) electrons. The van der Waals surface area contributed by atoms with Crippen LogP contribution < -0.4 is 5.73 Å². The number of benzene rings is 1. The van der Waals surface area contributed by atoms with Gasteiger partial charge in [-0.3, -0.25) is 0 Å². The van der Waals surface area contributed by atoms with Crippen molar-refractivity contribution >= 4 is 0 Å². The Balaban J connectivity index is 2.51. The fourth-order valence-corrected chi connectivity index (χ4v) is 2.14. The van der Waals surface area contributed by atoms with E-state index in [0.717, 1.165) is 23.5 Å². The maximum atomic E-state index is 8.93. The number of aryl methyl sites for hydroxylation is 1. The first-order valence-electron chi connectivity index (χ1n) is 5.93. The van der Waals surface area contributed by atoms with Gasteiger partial charge in [-0.15, -0.1) is 0 Å². The largest absolute Gasteiger partial charge is 0.330 e. The fraction of sp³-hybridized carbons (Fsp3) is 0.286. The quantitative estimate of drug-likeness (QED) is 0.890. The van der Waals surface area contributed by atoms with Crippen molar-refractivity contribution in [2.24, 2.45) is 5.73 Å². The van der Waals surface area contributed by atoms with E-state index >= 15 is 0 Å². The number of nitrogens with two attached hydrogens (primary N) is 1. The van der Waals surface area contributed by atoms with E-state index in [1.165, 1.54) is 5.56 Å². The molecular weight excluding hydrogens is 224 g/mol. The van der Waals surface area contributed by atoms with Crippen LogP contribution >= 0.6 is 0 Å². The van der Waals surface area contributed by atoms with Crippen molar-refractivity contribution in [1.29, 1.82) is 5.26 Å². The lowest BCUT2D eigenvalue weighted by Crippen LogP contribution is -2.05. The Labute approximate surface area is 107 Å². The molecule has 0 spiro atoms. The Bertz CT molecular complexity index is 605. The highest BCUT2D eigenvalue weighted by Crippen LogP contribution is 2.18. The van der Waals surface area contributed by atoms with E-state index in [0.29, 0.717) is 12.1 Å². The minimum absolute atomic E-state index is 0.617. The van der Waals surface area contributed by atoms with Crippen molar-refractivity contribution in [3.63, 3.8) is 0 Å². The van der Waals surface area contributed by atoms with Gasteiger partial charge in [-0.05, 0) is 50.6 Å². The molecule has 0 aliphatic carbocycles. The van der Waals surface area contributed by atoms with E-state index < -0.39 is 0 Å². The van der Waals surface area contributed by atoms with Gasteiger partial charge >= 0.3 is 0 Å². The summed E-state index contributed by atoms with van der Waals surface area (Å²) in [5.74, 6) is 0. The van der Waals surface area contributed by atoms with Crippen LogP contribution in [0.5, 0.6) is 0 Å². The molecule has 18 heavy (non-hydrogen) atoms. The molecule has 2 rings (SSSR count). The number of nitrogens with zero attached hydrogens (tertiary/aromatic N) is 3. The highest BCUT2D eigenvalue weighted by molar-refractivity contribution is 5.43. The number of hydrogen-bond acceptors (Lipinski definition) is 3. The summed E-state index contributed by atoms with van der Waals surface area (Å²) in [6, 6.07) is 9.59. The third-order valence-electron chi connectivity index (χ3n) is 3.06. The third kappa shape index (κ3) is 2.13. The lowest BCUT2D eigenvalue weighted by molar-refractivity contribution is 0.831. The lowest BCUT2D eigenvalue weighted by Gasteiger charge is -2.05. The summed E-state index contributed by atoms with van der Waals surface area (Å²) in [6.07, 6.45) is 0.829. The van der Waals surface area contributed by atoms with Crippen LogP contribution in [0.2, 0.25) is 0 Å². The van der Waals surface area contributed by atoms with Crippen molar-refractivity contribution in [3.05, 3.63) is 46.8 Å². The van der Waals surface area contributed by atoms with Crippen LogP contribution in [0.3, 0.4) is 0 Å². The maximum absolute atomic E-state index is 8.93. The lowest BCUT2D eigenvalue weighted by atomic mass is 10.1. The topological polar surface area (TPSA) is 67.6 Å². The zero-order chi connectivity index (χ0) is 13.1. The smallest absolute Gasteiger partial charge is 0.0992 e. The SMILES string of the molecule is Cc1nn(-c2cccc(C#N)c2)c(C)c1CCN. The second-order valence-electron chi connectivity index (χ2n) is 4.26. The van der Waals surface area contributed by atoms with Crippen LogP contribution in [-0.2, 0) is 6.42 Å². The minimum Gasteiger partial charge on any atom is -0.330 e. The van der Waals surface area contributed by atoms with E-state index in [1.54, 1.807) is 6.07 Å². The van der Waals surface area contributed by atoms with E-state index in [2.05, 4.69) is 11.2 Å². The normalized spacial score (nSPS) is 10.3. The molecule has 0 bridgehead atoms. The van der Waals surface area contributed by atoms with Gasteiger partial charge in [-0.25, -0.2) is 4.68 Å². The first kappa shape index (κ1) is 12.3. The molecule has 92 valence electrons. The van der Waals surface area contributed by atoms with Crippen molar-refractivity contribution in [3.8, 4) is 11.8 Å². The van der Waals surface area contributed by atoms with Gasteiger partial charge in [-0.2, -0.15) is 10.4 Å². The summed E-state index contributed by atoms with van der Waals surface area (Å²) in [5, 5.41) is 13.5. The second-order valence-corrected chi connectivity index (χ2v) is 4.26. The molecule has 2 N–H and O–H groups in total. The molecule has 0 saturated carbocycles. The Morgan fingerprint density at radius 1 is 1.39 bits per heavy atom. The molecule has 0 aliphatic rings. The van der Waals surface area contributed by atoms with Gasteiger partial charge in [0.05, 0.1) is 23.0 Å². The van der Waals surface area contributed by atoms with Crippen molar-refractivity contribution in [2.75, 3.05) is 6.54 Å². The van der Waals surface area contributed by atoms with E-state index in [1.807, 2.05) is 36.7 Å². The Hall–Kier alpha value is -2.12. The van der Waals surface area contributed by atoms with Gasteiger partial charge in [0.25, 0.3) is 0 Å². The first-order chi connectivity index (χ1) is 8.67. The van der Waals surface area contributed by atoms with Crippen LogP contribution in [0.25, 0.3) is 5.69 Å². The molecule has 2 aromatic rings. The van der Waals surface area contributed by atoms with Gasteiger partial charge in [0, 0.05) is 5.69 Å². The molecule has 1 heterocycles. The highest BCUT2D eigenvalue weighted by atomic mass is 15.3. The van der Waals surface area contributed by atoms with Crippen LogP contribution in [0.1, 0.15) is 22.5 Å². The molecule has 0 aliphatic heterocycles. The first-order valence-corrected chi connectivity index (χ1v) is 5.93. The zero-order valence-electron chi connectivity index (χ0n) is 10.6. The molecule has 1 aromatic heterocycles. The Morgan fingerprint density at radius 2 is 2.17 bits per heavy atom. The minimum atomic E-state index is 0.617. The third-order valence-corrected chi connectivity index (χ3v) is 3.06. The van der Waals surface area contributed by atoms with Gasteiger partial charge in [-0.1, -0.05) is 6.07 Å². The van der Waals surface area contributed by atoms with Crippen LogP contribution in [-0.4, -0.2) is 16.3 Å². The molecular formula is C14H16N4. The van der Waals surface area contributed by atoms with E-state index in [-0.39, 0.29) is 0 Å². The molecule has 0 amide bonds. The monoisotopic (exact) mass is 240 g/mol. The molecule has 0 unspecified atom stereocenters. The van der Waals surface area contributed by atoms with Gasteiger partial charge in [0.15, 0.2) is 0 Å². The molecule has 0 saturated heterocycles. The van der Waals surface area contributed by atoms with Crippen molar-refractivity contribution in [2.45, 2.75) is 20.3 Å². The average Bonchev–Trinajstić information content (AvgIpc) is 2.67. The summed E-state index contributed by atoms with van der Waals surface area (Å²) in [5.41, 5.74) is 10.5. The summed E-state index contributed by atoms with van der Waals surface area (Å²) < 4.78 is 1.88. The predicted molar refractivity (Wildman–Crippen MR) is 70.5 cm³/mol. The number of hydrogen-bond donors (Lipinski definition) is 1. The molecule has 4 heteroatoms. The molecule has 0 fully saturated rings. The molecule has 0 atom stereocenters. The number of nitriles is 1. The van der Waals surface area contributed by atoms with Crippen LogP contribution in [0, 0.1) is 25.2 Å². The van der Waals surface area contributed by atoms with Crippen LogP contribution in [0.15, 0.2) is 24.3 Å². The van der Waals surface area contributed by atoms with Gasteiger partial charge in [0.2, 0.25) is 0 Å². The summed E-state index contributed by atoms with van der Waals surface area (Å²) in [4.78, 5) is 0. The zero-order valence-corrected chi connectivity index (χ0v) is 10.6. The fourth-order valence-electron chi connectivity index (χ4n) is 2.14.